The maximum Gasteiger partial charge on any atom is 0.270 e. The number of hydrogen-bond donors (Lipinski definition) is 1. The van der Waals surface area contributed by atoms with Crippen molar-refractivity contribution in [3.63, 3.8) is 0 Å². The highest BCUT2D eigenvalue weighted by Gasteiger charge is 2.11. The number of hydrogen-bond acceptors (Lipinski definition) is 4. The number of rotatable bonds is 4. The zero-order valence-corrected chi connectivity index (χ0v) is 11.1. The van der Waals surface area contributed by atoms with Crippen LogP contribution in [0.1, 0.15) is 20.8 Å². The van der Waals surface area contributed by atoms with Crippen LogP contribution in [0.4, 0.5) is 5.69 Å². The lowest BCUT2D eigenvalue weighted by Gasteiger charge is -2.04. The van der Waals surface area contributed by atoms with E-state index >= 15 is 0 Å². The number of nitrogens with one attached hydrogen (secondary N) is 1. The Morgan fingerprint density at radius 2 is 2.21 bits per heavy atom. The van der Waals surface area contributed by atoms with Crippen LogP contribution in [0.15, 0.2) is 35.7 Å². The molecule has 1 heterocycles. The monoisotopic (exact) mass is 276 g/mol. The van der Waals surface area contributed by atoms with E-state index < -0.39 is 4.92 Å². The molecule has 1 aromatic heterocycles. The van der Waals surface area contributed by atoms with Crippen molar-refractivity contribution in [2.24, 2.45) is 0 Å². The van der Waals surface area contributed by atoms with Crippen molar-refractivity contribution in [3.05, 3.63) is 61.8 Å². The summed E-state index contributed by atoms with van der Waals surface area (Å²) in [4.78, 5) is 23.1. The van der Waals surface area contributed by atoms with Gasteiger partial charge in [0.2, 0.25) is 0 Å². The molecule has 98 valence electrons. The van der Waals surface area contributed by atoms with Crippen molar-refractivity contribution < 1.29 is 9.72 Å². The van der Waals surface area contributed by atoms with E-state index in [2.05, 4.69) is 5.32 Å². The number of thiophene rings is 1. The minimum absolute atomic E-state index is 0.0834. The molecule has 0 fully saturated rings. The van der Waals surface area contributed by atoms with Gasteiger partial charge in [-0.2, -0.15) is 0 Å². The Balaban J connectivity index is 2.06. The van der Waals surface area contributed by atoms with E-state index in [1.165, 1.54) is 18.2 Å². The van der Waals surface area contributed by atoms with Gasteiger partial charge in [0.25, 0.3) is 11.6 Å². The Kier molecular flexibility index (Phi) is 3.91. The summed E-state index contributed by atoms with van der Waals surface area (Å²) in [6.07, 6.45) is 0. The molecule has 1 N–H and O–H groups in total. The van der Waals surface area contributed by atoms with E-state index in [0.717, 1.165) is 10.4 Å². The van der Waals surface area contributed by atoms with Gasteiger partial charge in [0.15, 0.2) is 0 Å². The fourth-order valence-electron chi connectivity index (χ4n) is 1.61. The topological polar surface area (TPSA) is 72.2 Å². The van der Waals surface area contributed by atoms with Gasteiger partial charge in [-0.25, -0.2) is 0 Å². The molecule has 0 radical (unpaired) electrons. The van der Waals surface area contributed by atoms with Gasteiger partial charge in [0.1, 0.15) is 0 Å². The molecule has 0 aliphatic rings. The lowest BCUT2D eigenvalue weighted by atomic mass is 10.2. The molecule has 6 heteroatoms. The number of benzene rings is 1. The summed E-state index contributed by atoms with van der Waals surface area (Å²) >= 11 is 1.57. The molecule has 0 atom stereocenters. The highest BCUT2D eigenvalue weighted by atomic mass is 32.1. The lowest BCUT2D eigenvalue weighted by Crippen LogP contribution is -2.22. The van der Waals surface area contributed by atoms with E-state index in [9.17, 15) is 14.9 Å². The quantitative estimate of drug-likeness (QED) is 0.689. The van der Waals surface area contributed by atoms with Crippen molar-refractivity contribution in [2.75, 3.05) is 0 Å². The third-order valence-corrected chi connectivity index (χ3v) is 3.72. The van der Waals surface area contributed by atoms with Gasteiger partial charge in [-0.05, 0) is 30.0 Å². The molecular formula is C13H12N2O3S. The van der Waals surface area contributed by atoms with Gasteiger partial charge in [0, 0.05) is 22.6 Å². The third-order valence-electron chi connectivity index (χ3n) is 2.70. The average Bonchev–Trinajstić information content (AvgIpc) is 2.81. The molecule has 0 spiro atoms. The second kappa shape index (κ2) is 5.62. The number of nitro benzene ring substituents is 1. The first-order chi connectivity index (χ1) is 9.08. The van der Waals surface area contributed by atoms with Gasteiger partial charge < -0.3 is 5.32 Å². The molecule has 0 saturated carbocycles. The standard InChI is InChI=1S/C13H12N2O3S/c1-9-5-6-19-12(9)8-14-13(16)10-3-2-4-11(7-10)15(17)18/h2-7H,8H2,1H3,(H,14,16). The van der Waals surface area contributed by atoms with Crippen molar-refractivity contribution in [2.45, 2.75) is 13.5 Å². The van der Waals surface area contributed by atoms with Gasteiger partial charge in [-0.15, -0.1) is 11.3 Å². The zero-order chi connectivity index (χ0) is 13.8. The number of aryl methyl sites for hydroxylation is 1. The Morgan fingerprint density at radius 1 is 1.42 bits per heavy atom. The number of carbonyl (C=O) groups excluding carboxylic acids is 1. The highest BCUT2D eigenvalue weighted by molar-refractivity contribution is 7.10. The van der Waals surface area contributed by atoms with Crippen LogP contribution >= 0.6 is 11.3 Å². The number of carbonyl (C=O) groups is 1. The van der Waals surface area contributed by atoms with E-state index in [-0.39, 0.29) is 11.6 Å². The Labute approximate surface area is 114 Å². The molecule has 1 amide bonds. The number of nitro groups is 1. The maximum atomic E-state index is 11.9. The predicted octanol–water partition coefficient (Wildman–Crippen LogP) is 2.89. The van der Waals surface area contributed by atoms with Crippen LogP contribution in [-0.4, -0.2) is 10.8 Å². The lowest BCUT2D eigenvalue weighted by molar-refractivity contribution is -0.384. The fraction of sp³-hybridized carbons (Fsp3) is 0.154. The smallest absolute Gasteiger partial charge is 0.270 e. The van der Waals surface area contributed by atoms with Crippen molar-refractivity contribution in [3.8, 4) is 0 Å². The summed E-state index contributed by atoms with van der Waals surface area (Å²) in [6, 6.07) is 7.68. The van der Waals surface area contributed by atoms with E-state index in [4.69, 9.17) is 0 Å². The first-order valence-electron chi connectivity index (χ1n) is 5.63. The fourth-order valence-corrected chi connectivity index (χ4v) is 2.45. The first kappa shape index (κ1) is 13.2. The van der Waals surface area contributed by atoms with Gasteiger partial charge >= 0.3 is 0 Å². The summed E-state index contributed by atoms with van der Waals surface area (Å²) in [7, 11) is 0. The predicted molar refractivity (Wildman–Crippen MR) is 73.3 cm³/mol. The molecule has 19 heavy (non-hydrogen) atoms. The number of amides is 1. The third kappa shape index (κ3) is 3.17. The van der Waals surface area contributed by atoms with Crippen molar-refractivity contribution in [1.29, 1.82) is 0 Å². The molecule has 0 saturated heterocycles. The van der Waals surface area contributed by atoms with Gasteiger partial charge in [-0.3, -0.25) is 14.9 Å². The summed E-state index contributed by atoms with van der Waals surface area (Å²) in [5.74, 6) is -0.309. The molecule has 0 unspecified atom stereocenters. The van der Waals surface area contributed by atoms with Gasteiger partial charge in [-0.1, -0.05) is 6.07 Å². The Bertz CT molecular complexity index is 622. The Hall–Kier alpha value is -2.21. The molecular weight excluding hydrogens is 264 g/mol. The number of nitrogens with zero attached hydrogens (tertiary/aromatic N) is 1. The van der Waals surface area contributed by atoms with Crippen molar-refractivity contribution >= 4 is 22.9 Å². The molecule has 0 bridgehead atoms. The van der Waals surface area contributed by atoms with Crippen molar-refractivity contribution in [1.82, 2.24) is 5.32 Å². The van der Waals surface area contributed by atoms with Crippen LogP contribution in [-0.2, 0) is 6.54 Å². The minimum atomic E-state index is -0.514. The minimum Gasteiger partial charge on any atom is -0.347 e. The summed E-state index contributed by atoms with van der Waals surface area (Å²) in [6.45, 7) is 2.41. The van der Waals surface area contributed by atoms with Crippen LogP contribution in [0.2, 0.25) is 0 Å². The van der Waals surface area contributed by atoms with E-state index in [1.807, 2.05) is 18.4 Å². The molecule has 0 aliphatic heterocycles. The molecule has 2 rings (SSSR count). The van der Waals surface area contributed by atoms with Crippen LogP contribution in [0.3, 0.4) is 0 Å². The summed E-state index contributed by atoms with van der Waals surface area (Å²) < 4.78 is 0. The first-order valence-corrected chi connectivity index (χ1v) is 6.51. The average molecular weight is 276 g/mol. The molecule has 0 aliphatic carbocycles. The highest BCUT2D eigenvalue weighted by Crippen LogP contribution is 2.16. The van der Waals surface area contributed by atoms with Crippen LogP contribution in [0.25, 0.3) is 0 Å². The van der Waals surface area contributed by atoms with Crippen LogP contribution < -0.4 is 5.32 Å². The second-order valence-electron chi connectivity index (χ2n) is 4.02. The SMILES string of the molecule is Cc1ccsc1CNC(=O)c1cccc([N+](=O)[O-])c1. The van der Waals surface area contributed by atoms with Crippen LogP contribution in [0.5, 0.6) is 0 Å². The summed E-state index contributed by atoms with van der Waals surface area (Å²) in [5.41, 5.74) is 1.34. The Morgan fingerprint density at radius 3 is 2.84 bits per heavy atom. The van der Waals surface area contributed by atoms with Crippen LogP contribution in [0, 0.1) is 17.0 Å². The number of non-ortho nitro benzene ring substituents is 1. The van der Waals surface area contributed by atoms with E-state index in [0.29, 0.717) is 12.1 Å². The molecule has 5 nitrogen and oxygen atoms in total. The maximum absolute atomic E-state index is 11.9. The zero-order valence-electron chi connectivity index (χ0n) is 10.3. The normalized spacial score (nSPS) is 10.2. The second-order valence-corrected chi connectivity index (χ2v) is 5.02. The molecule has 2 aromatic rings. The largest absolute Gasteiger partial charge is 0.347 e. The molecule has 1 aromatic carbocycles. The van der Waals surface area contributed by atoms with Gasteiger partial charge in [0.05, 0.1) is 11.5 Å². The van der Waals surface area contributed by atoms with E-state index in [1.54, 1.807) is 17.4 Å². The summed E-state index contributed by atoms with van der Waals surface area (Å²) in [5, 5.41) is 15.4.